The fourth-order valence-corrected chi connectivity index (χ4v) is 7.22. The van der Waals surface area contributed by atoms with Crippen LogP contribution in [0, 0.1) is 0 Å². The summed E-state index contributed by atoms with van der Waals surface area (Å²) in [5, 5.41) is 14.3. The Labute approximate surface area is 287 Å². The highest BCUT2D eigenvalue weighted by molar-refractivity contribution is 7.92. The maximum Gasteiger partial charge on any atom is 0.326 e. The fourth-order valence-electron chi connectivity index (χ4n) is 5.70. The Balaban J connectivity index is 1.39. The van der Waals surface area contributed by atoms with Crippen LogP contribution in [-0.4, -0.2) is 44.5 Å². The Morgan fingerprint density at radius 2 is 1.57 bits per heavy atom. The van der Waals surface area contributed by atoms with Gasteiger partial charge >= 0.3 is 12.0 Å². The van der Waals surface area contributed by atoms with Gasteiger partial charge in [0.15, 0.2) is 0 Å². The van der Waals surface area contributed by atoms with Crippen molar-refractivity contribution in [1.29, 1.82) is 0 Å². The van der Waals surface area contributed by atoms with E-state index < -0.39 is 27.9 Å². The first-order valence-electron chi connectivity index (χ1n) is 16.3. The Bertz CT molecular complexity index is 1910. The average Bonchev–Trinajstić information content (AvgIpc) is 3.12. The second-order valence-electron chi connectivity index (χ2n) is 11.7. The number of nitrogens with zero attached hydrogens (tertiary/aromatic N) is 2. The van der Waals surface area contributed by atoms with Crippen LogP contribution in [0.3, 0.4) is 0 Å². The van der Waals surface area contributed by atoms with Gasteiger partial charge < -0.3 is 15.7 Å². The lowest BCUT2D eigenvalue weighted by molar-refractivity contribution is -0.136. The molecule has 10 nitrogen and oxygen atoms in total. The van der Waals surface area contributed by atoms with Gasteiger partial charge in [-0.3, -0.25) is 18.8 Å². The minimum Gasteiger partial charge on any atom is -0.481 e. The van der Waals surface area contributed by atoms with Crippen molar-refractivity contribution in [3.05, 3.63) is 126 Å². The summed E-state index contributed by atoms with van der Waals surface area (Å²) in [4.78, 5) is 38.8. The molecule has 0 spiro atoms. The van der Waals surface area contributed by atoms with Gasteiger partial charge in [0.1, 0.15) is 0 Å². The quantitative estimate of drug-likeness (QED) is 0.136. The highest BCUT2D eigenvalue weighted by atomic mass is 32.2. The first-order valence-corrected chi connectivity index (χ1v) is 17.7. The van der Waals surface area contributed by atoms with Crippen LogP contribution in [0.1, 0.15) is 60.5 Å². The molecule has 4 aromatic carbocycles. The molecule has 0 saturated heterocycles. The van der Waals surface area contributed by atoms with Crippen LogP contribution in [0.15, 0.2) is 114 Å². The lowest BCUT2D eigenvalue weighted by Gasteiger charge is -2.25. The second-order valence-corrected chi connectivity index (χ2v) is 13.5. The summed E-state index contributed by atoms with van der Waals surface area (Å²) in [6.45, 7) is 2.17. The zero-order valence-electron chi connectivity index (χ0n) is 27.3. The molecule has 0 fully saturated rings. The minimum atomic E-state index is -3.92. The van der Waals surface area contributed by atoms with E-state index in [0.29, 0.717) is 22.6 Å². The number of hydrogen-bond donors (Lipinski definition) is 3. The van der Waals surface area contributed by atoms with Gasteiger partial charge in [-0.1, -0.05) is 54.6 Å². The third-order valence-corrected chi connectivity index (χ3v) is 10.2. The highest BCUT2D eigenvalue weighted by Crippen LogP contribution is 2.30. The number of anilines is 3. The van der Waals surface area contributed by atoms with Crippen LogP contribution in [0.5, 0.6) is 0 Å². The maximum atomic E-state index is 14.0. The summed E-state index contributed by atoms with van der Waals surface area (Å²) < 4.78 is 28.7. The zero-order valence-corrected chi connectivity index (χ0v) is 28.2. The SMILES string of the molecule is CCN(c1ccccc1)S(=O)(=O)c1cccc(NC(=O)N(Cc2ccc(C(=O)NCCC(=O)O)cc2)c2ccc(C3=CCCCC3)cc2)c1. The third kappa shape index (κ3) is 8.94. The summed E-state index contributed by atoms with van der Waals surface area (Å²) in [5.41, 5.74) is 5.01. The number of sulfonamides is 1. The van der Waals surface area contributed by atoms with Gasteiger partial charge in [0.25, 0.3) is 15.9 Å². The van der Waals surface area contributed by atoms with Crippen molar-refractivity contribution < 1.29 is 27.9 Å². The third-order valence-electron chi connectivity index (χ3n) is 8.27. The van der Waals surface area contributed by atoms with Crippen molar-refractivity contribution in [3.63, 3.8) is 0 Å². The number of amides is 3. The molecule has 0 aromatic heterocycles. The molecule has 254 valence electrons. The van der Waals surface area contributed by atoms with E-state index in [4.69, 9.17) is 5.11 Å². The smallest absolute Gasteiger partial charge is 0.326 e. The van der Waals surface area contributed by atoms with E-state index in [2.05, 4.69) is 16.7 Å². The normalized spacial score (nSPS) is 12.8. The zero-order chi connectivity index (χ0) is 34.8. The summed E-state index contributed by atoms with van der Waals surface area (Å²) >= 11 is 0. The van der Waals surface area contributed by atoms with Crippen molar-refractivity contribution in [2.45, 2.75) is 50.5 Å². The summed E-state index contributed by atoms with van der Waals surface area (Å²) in [7, 11) is -3.92. The summed E-state index contributed by atoms with van der Waals surface area (Å²) in [5.74, 6) is -1.39. The first kappa shape index (κ1) is 34.9. The van der Waals surface area contributed by atoms with Gasteiger partial charge in [-0.05, 0) is 104 Å². The van der Waals surface area contributed by atoms with Gasteiger partial charge in [-0.25, -0.2) is 13.2 Å². The number of allylic oxidation sites excluding steroid dienone is 2. The molecule has 0 unspecified atom stereocenters. The van der Waals surface area contributed by atoms with Gasteiger partial charge in [0, 0.05) is 30.0 Å². The standard InChI is InChI=1S/C38H40N4O6S/c1-2-42(34-13-7-4-8-14-34)49(47,48)35-15-9-12-32(26-35)40-38(46)41(33-22-20-30(21-23-33)29-10-5-3-6-11-29)27-28-16-18-31(19-17-28)37(45)39-25-24-36(43)44/h4,7-10,12-23,26H,2-3,5-6,11,24-25,27H2,1H3,(H,39,45)(H,40,46)(H,43,44). The molecule has 1 aliphatic rings. The molecule has 49 heavy (non-hydrogen) atoms. The molecular formula is C38H40N4O6S. The van der Waals surface area contributed by atoms with Crippen molar-refractivity contribution >= 4 is 50.6 Å². The monoisotopic (exact) mass is 680 g/mol. The highest BCUT2D eigenvalue weighted by Gasteiger charge is 2.25. The van der Waals surface area contributed by atoms with Crippen LogP contribution in [0.4, 0.5) is 21.9 Å². The number of benzene rings is 4. The number of nitrogens with one attached hydrogen (secondary N) is 2. The first-order chi connectivity index (χ1) is 23.7. The Hall–Kier alpha value is -5.42. The number of rotatable bonds is 13. The van der Waals surface area contributed by atoms with Crippen molar-refractivity contribution in [2.75, 3.05) is 27.6 Å². The fraction of sp³-hybridized carbons (Fsp3) is 0.237. The van der Waals surface area contributed by atoms with Crippen molar-refractivity contribution in [2.24, 2.45) is 0 Å². The molecule has 1 aliphatic carbocycles. The van der Waals surface area contributed by atoms with Gasteiger partial charge in [0.05, 0.1) is 23.5 Å². The number of carboxylic acids is 1. The van der Waals surface area contributed by atoms with Crippen LogP contribution in [0.2, 0.25) is 0 Å². The summed E-state index contributed by atoms with van der Waals surface area (Å²) in [6, 6.07) is 29.1. The minimum absolute atomic E-state index is 0.0159. The number of aliphatic carboxylic acids is 1. The lowest BCUT2D eigenvalue weighted by atomic mass is 9.93. The van der Waals surface area contributed by atoms with E-state index in [9.17, 15) is 22.8 Å². The molecule has 4 aromatic rings. The molecule has 3 amide bonds. The average molecular weight is 681 g/mol. The molecule has 3 N–H and O–H groups in total. The largest absolute Gasteiger partial charge is 0.481 e. The number of carboxylic acid groups (broad SMARTS) is 1. The molecule has 0 atom stereocenters. The number of hydrogen-bond acceptors (Lipinski definition) is 5. The molecule has 0 aliphatic heterocycles. The maximum absolute atomic E-state index is 14.0. The van der Waals surface area contributed by atoms with E-state index >= 15 is 0 Å². The molecule has 0 radical (unpaired) electrons. The van der Waals surface area contributed by atoms with Crippen LogP contribution in [-0.2, 0) is 21.4 Å². The van der Waals surface area contributed by atoms with E-state index in [-0.39, 0.29) is 31.0 Å². The molecule has 0 saturated carbocycles. The van der Waals surface area contributed by atoms with Gasteiger partial charge in [0.2, 0.25) is 0 Å². The van der Waals surface area contributed by atoms with E-state index in [1.54, 1.807) is 72.5 Å². The predicted octanol–water partition coefficient (Wildman–Crippen LogP) is 7.30. The van der Waals surface area contributed by atoms with Crippen LogP contribution < -0.4 is 19.8 Å². The summed E-state index contributed by atoms with van der Waals surface area (Å²) in [6.07, 6.45) is 6.48. The van der Waals surface area contributed by atoms with Crippen molar-refractivity contribution in [3.8, 4) is 0 Å². The Kier molecular flexibility index (Phi) is 11.5. The van der Waals surface area contributed by atoms with Crippen LogP contribution in [0.25, 0.3) is 5.57 Å². The second kappa shape index (κ2) is 16.1. The van der Waals surface area contributed by atoms with Gasteiger partial charge in [-0.2, -0.15) is 0 Å². The lowest BCUT2D eigenvalue weighted by Crippen LogP contribution is -2.35. The Morgan fingerprint density at radius 1 is 0.837 bits per heavy atom. The molecule has 11 heteroatoms. The van der Waals surface area contributed by atoms with Crippen molar-refractivity contribution in [1.82, 2.24) is 5.32 Å². The number of carbonyl (C=O) groups is 3. The Morgan fingerprint density at radius 3 is 2.22 bits per heavy atom. The number of para-hydroxylation sites is 1. The topological polar surface area (TPSA) is 136 Å². The van der Waals surface area contributed by atoms with E-state index in [0.717, 1.165) is 30.4 Å². The molecule has 0 heterocycles. The van der Waals surface area contributed by atoms with E-state index in [1.165, 1.54) is 28.4 Å². The molecule has 0 bridgehead atoms. The van der Waals surface area contributed by atoms with Gasteiger partial charge in [-0.15, -0.1) is 0 Å². The van der Waals surface area contributed by atoms with Crippen LogP contribution >= 0.6 is 0 Å². The number of urea groups is 1. The number of carbonyl (C=O) groups excluding carboxylic acids is 2. The van der Waals surface area contributed by atoms with E-state index in [1.807, 2.05) is 30.3 Å². The molecule has 5 rings (SSSR count). The predicted molar refractivity (Wildman–Crippen MR) is 192 cm³/mol. The molecular weight excluding hydrogens is 641 g/mol.